The van der Waals surface area contributed by atoms with E-state index < -0.39 is 5.82 Å². The number of benzene rings is 3. The van der Waals surface area contributed by atoms with Crippen LogP contribution in [0.4, 0.5) is 4.39 Å². The molecule has 186 valence electrons. The summed E-state index contributed by atoms with van der Waals surface area (Å²) in [7, 11) is 0. The Kier molecular flexibility index (Phi) is 10.5. The zero-order chi connectivity index (χ0) is 25.0. The molecule has 5 nitrogen and oxygen atoms in total. The van der Waals surface area contributed by atoms with Gasteiger partial charge in [0.25, 0.3) is 0 Å². The van der Waals surface area contributed by atoms with Gasteiger partial charge in [0, 0.05) is 43.7 Å². The lowest BCUT2D eigenvalue weighted by atomic mass is 10.0. The lowest BCUT2D eigenvalue weighted by Gasteiger charge is -2.24. The molecule has 0 saturated heterocycles. The summed E-state index contributed by atoms with van der Waals surface area (Å²) in [4.78, 5) is 12.4. The highest BCUT2D eigenvalue weighted by Gasteiger charge is 2.22. The zero-order valence-corrected chi connectivity index (χ0v) is 20.9. The minimum Gasteiger partial charge on any atom is -0.453 e. The van der Waals surface area contributed by atoms with Crippen molar-refractivity contribution in [2.24, 2.45) is 0 Å². The molecule has 2 atom stereocenters. The van der Waals surface area contributed by atoms with Gasteiger partial charge in [-0.2, -0.15) is 0 Å². The molecule has 0 aliphatic carbocycles. The van der Waals surface area contributed by atoms with Crippen LogP contribution in [0.15, 0.2) is 72.8 Å². The summed E-state index contributed by atoms with van der Waals surface area (Å²) in [5.74, 6) is -0.0355. The third kappa shape index (κ3) is 8.35. The van der Waals surface area contributed by atoms with Gasteiger partial charge in [0.05, 0.1) is 5.02 Å². The van der Waals surface area contributed by atoms with Gasteiger partial charge in [0.2, 0.25) is 5.91 Å². The summed E-state index contributed by atoms with van der Waals surface area (Å²) in [5, 5.41) is 9.83. The van der Waals surface area contributed by atoms with Gasteiger partial charge in [-0.15, -0.1) is 0 Å². The fourth-order valence-corrected chi connectivity index (χ4v) is 4.00. The van der Waals surface area contributed by atoms with Crippen LogP contribution in [0.3, 0.4) is 0 Å². The molecule has 0 fully saturated rings. The Bertz CT molecular complexity index is 1070. The van der Waals surface area contributed by atoms with Crippen LogP contribution in [0.1, 0.15) is 43.9 Å². The first-order chi connectivity index (χ1) is 17.0. The van der Waals surface area contributed by atoms with Gasteiger partial charge in [-0.05, 0) is 37.1 Å². The van der Waals surface area contributed by atoms with Crippen molar-refractivity contribution < 1.29 is 13.9 Å². The maximum Gasteiger partial charge on any atom is 0.221 e. The van der Waals surface area contributed by atoms with Gasteiger partial charge in [-0.3, -0.25) is 4.79 Å². The second kappa shape index (κ2) is 13.8. The van der Waals surface area contributed by atoms with E-state index in [1.54, 1.807) is 24.3 Å². The van der Waals surface area contributed by atoms with E-state index in [1.807, 2.05) is 50.2 Å². The average molecular weight is 498 g/mol. The first-order valence-electron chi connectivity index (χ1n) is 12.0. The number of rotatable bonds is 13. The van der Waals surface area contributed by atoms with Crippen LogP contribution < -0.4 is 20.7 Å². The normalized spacial score (nSPS) is 12.7. The summed E-state index contributed by atoms with van der Waals surface area (Å²) in [6.45, 7) is 5.87. The van der Waals surface area contributed by atoms with Crippen LogP contribution in [0.5, 0.6) is 11.5 Å². The molecule has 0 radical (unpaired) electrons. The molecule has 0 unspecified atom stereocenters. The molecular weight excluding hydrogens is 465 g/mol. The van der Waals surface area contributed by atoms with E-state index in [1.165, 1.54) is 5.56 Å². The maximum atomic E-state index is 15.4. The second-order valence-electron chi connectivity index (χ2n) is 8.44. The standard InChI is InChI=1S/C28H33ClFN3O2/c1-3-25(23-14-15-24(29)28(27(23)30)35-22-12-8-5-9-13-22)33-20(2)18-26(34)32-17-16-31-19-21-10-6-4-7-11-21/h4-15,20,25,31,33H,3,16-19H2,1-2H3,(H,32,34)/t20-,25+/m0/s1. The molecule has 3 aromatic rings. The van der Waals surface area contributed by atoms with E-state index in [4.69, 9.17) is 16.3 Å². The lowest BCUT2D eigenvalue weighted by Crippen LogP contribution is -2.38. The number of amides is 1. The van der Waals surface area contributed by atoms with E-state index in [0.29, 0.717) is 30.8 Å². The minimum absolute atomic E-state index is 0.00372. The molecule has 0 spiro atoms. The minimum atomic E-state index is -0.498. The van der Waals surface area contributed by atoms with E-state index >= 15 is 4.39 Å². The van der Waals surface area contributed by atoms with Crippen LogP contribution in [-0.4, -0.2) is 25.0 Å². The fourth-order valence-electron chi connectivity index (χ4n) is 3.82. The molecule has 0 aliphatic rings. The summed E-state index contributed by atoms with van der Waals surface area (Å²) in [6.07, 6.45) is 0.927. The van der Waals surface area contributed by atoms with Gasteiger partial charge >= 0.3 is 0 Å². The highest BCUT2D eigenvalue weighted by molar-refractivity contribution is 6.32. The molecule has 0 aromatic heterocycles. The van der Waals surface area contributed by atoms with Crippen molar-refractivity contribution in [3.05, 3.63) is 94.8 Å². The Labute approximate surface area is 212 Å². The summed E-state index contributed by atoms with van der Waals surface area (Å²) < 4.78 is 21.1. The van der Waals surface area contributed by atoms with Crippen LogP contribution in [-0.2, 0) is 11.3 Å². The monoisotopic (exact) mass is 497 g/mol. The predicted molar refractivity (Wildman–Crippen MR) is 139 cm³/mol. The van der Waals surface area contributed by atoms with E-state index in [0.717, 1.165) is 6.54 Å². The van der Waals surface area contributed by atoms with E-state index in [9.17, 15) is 4.79 Å². The molecule has 0 saturated carbocycles. The number of carbonyl (C=O) groups is 1. The van der Waals surface area contributed by atoms with Gasteiger partial charge in [-0.1, -0.05) is 73.1 Å². The number of halogens is 2. The average Bonchev–Trinajstić information content (AvgIpc) is 2.86. The Morgan fingerprint density at radius 1 is 1.00 bits per heavy atom. The molecule has 1 amide bonds. The molecule has 7 heteroatoms. The second-order valence-corrected chi connectivity index (χ2v) is 8.85. The molecule has 35 heavy (non-hydrogen) atoms. The topological polar surface area (TPSA) is 62.4 Å². The van der Waals surface area contributed by atoms with Crippen LogP contribution in [0.2, 0.25) is 5.02 Å². The molecule has 3 aromatic carbocycles. The first-order valence-corrected chi connectivity index (χ1v) is 12.3. The van der Waals surface area contributed by atoms with E-state index in [-0.39, 0.29) is 35.2 Å². The van der Waals surface area contributed by atoms with Crippen molar-refractivity contribution >= 4 is 17.5 Å². The molecule has 3 rings (SSSR count). The third-order valence-corrected chi connectivity index (χ3v) is 5.90. The van der Waals surface area contributed by atoms with Crippen LogP contribution >= 0.6 is 11.6 Å². The van der Waals surface area contributed by atoms with Gasteiger partial charge < -0.3 is 20.7 Å². The van der Waals surface area contributed by atoms with Crippen molar-refractivity contribution in [2.75, 3.05) is 13.1 Å². The van der Waals surface area contributed by atoms with E-state index in [2.05, 4.69) is 28.1 Å². The number of para-hydroxylation sites is 1. The highest BCUT2D eigenvalue weighted by Crippen LogP contribution is 2.36. The van der Waals surface area contributed by atoms with Crippen LogP contribution in [0, 0.1) is 5.82 Å². The summed E-state index contributed by atoms with van der Waals surface area (Å²) >= 11 is 6.24. The van der Waals surface area contributed by atoms with Crippen molar-refractivity contribution in [1.29, 1.82) is 0 Å². The predicted octanol–water partition coefficient (Wildman–Crippen LogP) is 6.00. The van der Waals surface area contributed by atoms with Crippen molar-refractivity contribution in [3.63, 3.8) is 0 Å². The number of carbonyl (C=O) groups excluding carboxylic acids is 1. The van der Waals surface area contributed by atoms with Gasteiger partial charge in [0.15, 0.2) is 11.6 Å². The lowest BCUT2D eigenvalue weighted by molar-refractivity contribution is -0.121. The summed E-state index contributed by atoms with van der Waals surface area (Å²) in [5.41, 5.74) is 1.66. The smallest absolute Gasteiger partial charge is 0.221 e. The van der Waals surface area contributed by atoms with Crippen LogP contribution in [0.25, 0.3) is 0 Å². The van der Waals surface area contributed by atoms with Crippen molar-refractivity contribution in [2.45, 2.75) is 45.3 Å². The van der Waals surface area contributed by atoms with Crippen molar-refractivity contribution in [1.82, 2.24) is 16.0 Å². The zero-order valence-electron chi connectivity index (χ0n) is 20.2. The Balaban J connectivity index is 1.50. The van der Waals surface area contributed by atoms with Crippen molar-refractivity contribution in [3.8, 4) is 11.5 Å². The number of hydrogen-bond acceptors (Lipinski definition) is 4. The Morgan fingerprint density at radius 3 is 2.37 bits per heavy atom. The number of ether oxygens (including phenoxy) is 1. The fraction of sp³-hybridized carbons (Fsp3) is 0.321. The number of nitrogens with one attached hydrogen (secondary N) is 3. The Morgan fingerprint density at radius 2 is 1.69 bits per heavy atom. The Hall–Kier alpha value is -2.93. The first kappa shape index (κ1) is 26.7. The molecule has 0 aliphatic heterocycles. The third-order valence-electron chi connectivity index (χ3n) is 5.60. The molecule has 0 heterocycles. The molecule has 3 N–H and O–H groups in total. The largest absolute Gasteiger partial charge is 0.453 e. The van der Waals surface area contributed by atoms with Gasteiger partial charge in [-0.25, -0.2) is 4.39 Å². The molecular formula is C28H33ClFN3O2. The number of hydrogen-bond donors (Lipinski definition) is 3. The maximum absolute atomic E-state index is 15.4. The summed E-state index contributed by atoms with van der Waals surface area (Å²) in [6, 6.07) is 22.0. The SMILES string of the molecule is CC[C@@H](N[C@@H](C)CC(=O)NCCNCc1ccccc1)c1ccc(Cl)c(Oc2ccccc2)c1F. The van der Waals surface area contributed by atoms with Gasteiger partial charge in [0.1, 0.15) is 5.75 Å². The molecule has 0 bridgehead atoms. The highest BCUT2D eigenvalue weighted by atomic mass is 35.5. The quantitative estimate of drug-likeness (QED) is 0.253.